The summed E-state index contributed by atoms with van der Waals surface area (Å²) in [4.78, 5) is 27.2. The average Bonchev–Trinajstić information content (AvgIpc) is 2.58. The number of rotatable bonds is 5. The zero-order valence-corrected chi connectivity index (χ0v) is 13.2. The first-order valence-corrected chi connectivity index (χ1v) is 7.19. The second-order valence-electron chi connectivity index (χ2n) is 4.28. The first-order valence-electron chi connectivity index (χ1n) is 7.19. The summed E-state index contributed by atoms with van der Waals surface area (Å²) in [5, 5.41) is 0. The van der Waals surface area contributed by atoms with Gasteiger partial charge in [-0.1, -0.05) is 24.3 Å². The minimum absolute atomic E-state index is 0.566. The summed E-state index contributed by atoms with van der Waals surface area (Å²) in [7, 11) is 0. The Hall–Kier alpha value is -2.84. The lowest BCUT2D eigenvalue weighted by molar-refractivity contribution is 0.162. The largest absolute Gasteiger partial charge is 0.382 e. The molecule has 118 valence electrons. The molecule has 0 atom stereocenters. The lowest BCUT2D eigenvalue weighted by atomic mass is 10.1. The second-order valence-corrected chi connectivity index (χ2v) is 4.28. The van der Waals surface area contributed by atoms with E-state index in [0.717, 1.165) is 24.3 Å². The first kappa shape index (κ1) is 18.2. The van der Waals surface area contributed by atoms with E-state index in [9.17, 15) is 9.59 Å². The van der Waals surface area contributed by atoms with Crippen LogP contribution in [-0.2, 0) is 14.3 Å². The number of aliphatic imine (C=N–C) groups is 2. The molecule has 0 radical (unpaired) electrons. The number of hydrogen-bond acceptors (Lipinski definition) is 5. The first-order chi connectivity index (χ1) is 11.2. The van der Waals surface area contributed by atoms with Crippen molar-refractivity contribution in [2.45, 2.75) is 13.8 Å². The van der Waals surface area contributed by atoms with Gasteiger partial charge in [0.25, 0.3) is 0 Å². The summed E-state index contributed by atoms with van der Waals surface area (Å²) in [5.74, 6) is 0. The maximum Gasteiger partial charge on any atom is 0.240 e. The molecular formula is C18H18N2O3. The third kappa shape index (κ3) is 6.64. The minimum Gasteiger partial charge on any atom is -0.382 e. The molecule has 23 heavy (non-hydrogen) atoms. The van der Waals surface area contributed by atoms with E-state index >= 15 is 0 Å². The Bertz CT molecular complexity index is 620. The standard InChI is InChI=1S/C14H8N2O2.C4H10O/c17-9-15-13-5-1-11(2-6-13)12-3-7-14(8-4-12)16-10-18;1-3-5-4-2/h1-8H;3-4H2,1-2H3. The Morgan fingerprint density at radius 1 is 0.739 bits per heavy atom. The van der Waals surface area contributed by atoms with Crippen LogP contribution in [0.5, 0.6) is 0 Å². The van der Waals surface area contributed by atoms with Crippen LogP contribution in [0.4, 0.5) is 11.4 Å². The van der Waals surface area contributed by atoms with Crippen LogP contribution in [0, 0.1) is 0 Å². The maximum absolute atomic E-state index is 10.1. The van der Waals surface area contributed by atoms with Crippen LogP contribution in [-0.4, -0.2) is 25.4 Å². The van der Waals surface area contributed by atoms with Crippen LogP contribution in [0.2, 0.25) is 0 Å². The van der Waals surface area contributed by atoms with Gasteiger partial charge in [-0.15, -0.1) is 0 Å². The summed E-state index contributed by atoms with van der Waals surface area (Å²) in [6.07, 6.45) is 2.98. The number of isocyanates is 2. The fraction of sp³-hybridized carbons (Fsp3) is 0.222. The molecule has 2 aromatic carbocycles. The fourth-order valence-corrected chi connectivity index (χ4v) is 1.77. The van der Waals surface area contributed by atoms with Gasteiger partial charge in [-0.2, -0.15) is 9.98 Å². The van der Waals surface area contributed by atoms with E-state index in [2.05, 4.69) is 9.98 Å². The molecule has 0 bridgehead atoms. The molecule has 0 spiro atoms. The predicted molar refractivity (Wildman–Crippen MR) is 89.6 cm³/mol. The van der Waals surface area contributed by atoms with E-state index in [1.807, 2.05) is 38.1 Å². The third-order valence-corrected chi connectivity index (χ3v) is 2.83. The van der Waals surface area contributed by atoms with Gasteiger partial charge in [0.15, 0.2) is 0 Å². The quantitative estimate of drug-likeness (QED) is 0.609. The molecule has 2 rings (SSSR count). The van der Waals surface area contributed by atoms with Crippen molar-refractivity contribution >= 4 is 23.5 Å². The smallest absolute Gasteiger partial charge is 0.240 e. The van der Waals surface area contributed by atoms with E-state index < -0.39 is 0 Å². The molecule has 0 N–H and O–H groups in total. The Kier molecular flexibility index (Phi) is 8.57. The molecule has 0 aliphatic carbocycles. The molecule has 2 aromatic rings. The third-order valence-electron chi connectivity index (χ3n) is 2.83. The molecule has 0 aliphatic heterocycles. The summed E-state index contributed by atoms with van der Waals surface area (Å²) in [5.41, 5.74) is 3.11. The highest BCUT2D eigenvalue weighted by Crippen LogP contribution is 2.24. The van der Waals surface area contributed by atoms with Crippen molar-refractivity contribution in [1.29, 1.82) is 0 Å². The van der Waals surface area contributed by atoms with Crippen molar-refractivity contribution in [2.75, 3.05) is 13.2 Å². The Morgan fingerprint density at radius 3 is 1.30 bits per heavy atom. The molecule has 5 heteroatoms. The van der Waals surface area contributed by atoms with Crippen LogP contribution in [0.1, 0.15) is 13.8 Å². The number of benzene rings is 2. The molecule has 0 amide bonds. The molecule has 0 heterocycles. The fourth-order valence-electron chi connectivity index (χ4n) is 1.77. The molecular weight excluding hydrogens is 292 g/mol. The highest BCUT2D eigenvalue weighted by atomic mass is 16.5. The van der Waals surface area contributed by atoms with Gasteiger partial charge in [-0.25, -0.2) is 9.59 Å². The van der Waals surface area contributed by atoms with Crippen LogP contribution >= 0.6 is 0 Å². The SMILES string of the molecule is CCOCC.O=C=Nc1ccc(-c2ccc(N=C=O)cc2)cc1. The number of ether oxygens (including phenoxy) is 1. The Morgan fingerprint density at radius 2 is 1.09 bits per heavy atom. The second kappa shape index (κ2) is 10.8. The van der Waals surface area contributed by atoms with Crippen molar-refractivity contribution in [2.24, 2.45) is 9.98 Å². The van der Waals surface area contributed by atoms with Crippen LogP contribution in [0.15, 0.2) is 58.5 Å². The number of hydrogen-bond donors (Lipinski definition) is 0. The van der Waals surface area contributed by atoms with Gasteiger partial charge in [0.1, 0.15) is 0 Å². The monoisotopic (exact) mass is 310 g/mol. The van der Waals surface area contributed by atoms with Crippen molar-refractivity contribution in [1.82, 2.24) is 0 Å². The lowest BCUT2D eigenvalue weighted by Gasteiger charge is -2.01. The van der Waals surface area contributed by atoms with E-state index in [1.54, 1.807) is 24.3 Å². The molecule has 0 aromatic heterocycles. The van der Waals surface area contributed by atoms with Crippen LogP contribution in [0.3, 0.4) is 0 Å². The highest BCUT2D eigenvalue weighted by molar-refractivity contribution is 5.68. The topological polar surface area (TPSA) is 68.1 Å². The van der Waals surface area contributed by atoms with E-state index in [4.69, 9.17) is 4.74 Å². The molecule has 0 saturated heterocycles. The lowest BCUT2D eigenvalue weighted by Crippen LogP contribution is -1.84. The van der Waals surface area contributed by atoms with Crippen molar-refractivity contribution in [3.05, 3.63) is 48.5 Å². The van der Waals surface area contributed by atoms with Gasteiger partial charge in [0.05, 0.1) is 11.4 Å². The average molecular weight is 310 g/mol. The van der Waals surface area contributed by atoms with Gasteiger partial charge in [0, 0.05) is 13.2 Å². The van der Waals surface area contributed by atoms with Crippen molar-refractivity contribution < 1.29 is 14.3 Å². The number of nitrogens with zero attached hydrogens (tertiary/aromatic N) is 2. The minimum atomic E-state index is 0.566. The Balaban J connectivity index is 0.000000463. The van der Waals surface area contributed by atoms with E-state index in [1.165, 1.54) is 12.2 Å². The Labute approximate surface area is 135 Å². The van der Waals surface area contributed by atoms with Crippen LogP contribution in [0.25, 0.3) is 11.1 Å². The van der Waals surface area contributed by atoms with Crippen molar-refractivity contribution in [3.63, 3.8) is 0 Å². The highest BCUT2D eigenvalue weighted by Gasteiger charge is 1.98. The zero-order valence-electron chi connectivity index (χ0n) is 13.2. The predicted octanol–water partition coefficient (Wildman–Crippen LogP) is 4.33. The summed E-state index contributed by atoms with van der Waals surface area (Å²) >= 11 is 0. The van der Waals surface area contributed by atoms with Crippen LogP contribution < -0.4 is 0 Å². The van der Waals surface area contributed by atoms with Gasteiger partial charge >= 0.3 is 0 Å². The molecule has 5 nitrogen and oxygen atoms in total. The summed E-state index contributed by atoms with van der Waals surface area (Å²) in [6.45, 7) is 5.67. The van der Waals surface area contributed by atoms with Gasteiger partial charge in [-0.05, 0) is 49.2 Å². The van der Waals surface area contributed by atoms with Crippen molar-refractivity contribution in [3.8, 4) is 11.1 Å². The molecule has 0 aliphatic rings. The summed E-state index contributed by atoms with van der Waals surface area (Å²) < 4.78 is 4.83. The summed E-state index contributed by atoms with van der Waals surface area (Å²) in [6, 6.07) is 14.4. The van der Waals surface area contributed by atoms with Gasteiger partial charge in [-0.3, -0.25) is 0 Å². The van der Waals surface area contributed by atoms with Gasteiger partial charge in [0.2, 0.25) is 12.2 Å². The number of carbonyl (C=O) groups excluding carboxylic acids is 2. The van der Waals surface area contributed by atoms with E-state index in [-0.39, 0.29) is 0 Å². The van der Waals surface area contributed by atoms with E-state index in [0.29, 0.717) is 11.4 Å². The maximum atomic E-state index is 10.1. The normalized spacial score (nSPS) is 8.96. The zero-order chi connectivity index (χ0) is 16.9. The molecule has 0 unspecified atom stereocenters. The molecule has 0 fully saturated rings. The van der Waals surface area contributed by atoms with Gasteiger partial charge < -0.3 is 4.74 Å². The molecule has 0 saturated carbocycles.